The van der Waals surface area contributed by atoms with Crippen molar-refractivity contribution >= 4 is 34.6 Å². The number of benzene rings is 3. The lowest BCUT2D eigenvalue weighted by molar-refractivity contribution is -0.113. The average Bonchev–Trinajstić information content (AvgIpc) is 2.94. The van der Waals surface area contributed by atoms with E-state index >= 15 is 0 Å². The van der Waals surface area contributed by atoms with E-state index in [1.807, 2.05) is 55.5 Å². The molecular formula is C24H18ClNO2. The van der Waals surface area contributed by atoms with Gasteiger partial charge in [-0.15, -0.1) is 0 Å². The highest BCUT2D eigenvalue weighted by Gasteiger charge is 2.33. The zero-order valence-corrected chi connectivity index (χ0v) is 16.1. The fourth-order valence-corrected chi connectivity index (χ4v) is 3.50. The summed E-state index contributed by atoms with van der Waals surface area (Å²) < 4.78 is 0. The van der Waals surface area contributed by atoms with Crippen LogP contribution >= 0.6 is 11.6 Å². The van der Waals surface area contributed by atoms with Crippen LogP contribution in [0.3, 0.4) is 0 Å². The van der Waals surface area contributed by atoms with Crippen molar-refractivity contribution in [3.8, 4) is 0 Å². The molecule has 4 heteroatoms. The molecule has 0 spiro atoms. The molecule has 0 saturated carbocycles. The first-order valence-electron chi connectivity index (χ1n) is 9.01. The maximum absolute atomic E-state index is 13.2. The van der Waals surface area contributed by atoms with E-state index in [0.717, 1.165) is 16.8 Å². The number of carbonyl (C=O) groups excluding carboxylic acids is 2. The maximum atomic E-state index is 13.2. The molecule has 0 atom stereocenters. The Kier molecular flexibility index (Phi) is 4.84. The third-order valence-corrected chi connectivity index (χ3v) is 5.05. The Morgan fingerprint density at radius 1 is 1.00 bits per heavy atom. The van der Waals surface area contributed by atoms with Gasteiger partial charge in [0, 0.05) is 16.1 Å². The monoisotopic (exact) mass is 387 g/mol. The molecule has 1 heterocycles. The van der Waals surface area contributed by atoms with Gasteiger partial charge in [0.25, 0.3) is 5.91 Å². The van der Waals surface area contributed by atoms with E-state index in [-0.39, 0.29) is 11.7 Å². The minimum absolute atomic E-state index is 0.193. The largest absolute Gasteiger partial charge is 0.303 e. The summed E-state index contributed by atoms with van der Waals surface area (Å²) in [5.41, 5.74) is 4.47. The lowest BCUT2D eigenvalue weighted by atomic mass is 10.0. The molecule has 0 unspecified atom stereocenters. The summed E-state index contributed by atoms with van der Waals surface area (Å²) in [6.07, 6.45) is 1.42. The second-order valence-corrected chi connectivity index (χ2v) is 7.26. The topological polar surface area (TPSA) is 37.4 Å². The number of hydrogen-bond donors (Lipinski definition) is 0. The van der Waals surface area contributed by atoms with Gasteiger partial charge >= 0.3 is 0 Å². The van der Waals surface area contributed by atoms with Crippen LogP contribution in [0.1, 0.15) is 27.0 Å². The molecule has 0 aromatic heterocycles. The van der Waals surface area contributed by atoms with Crippen molar-refractivity contribution in [1.29, 1.82) is 0 Å². The number of rotatable bonds is 4. The predicted molar refractivity (Wildman–Crippen MR) is 113 cm³/mol. The average molecular weight is 388 g/mol. The number of nitrogens with zero attached hydrogens (tertiary/aromatic N) is 1. The summed E-state index contributed by atoms with van der Waals surface area (Å²) >= 11 is 6.17. The first-order valence-corrected chi connectivity index (χ1v) is 9.39. The zero-order valence-electron chi connectivity index (χ0n) is 15.4. The highest BCUT2D eigenvalue weighted by Crippen LogP contribution is 2.39. The number of aryl methyl sites for hydroxylation is 1. The van der Waals surface area contributed by atoms with Crippen LogP contribution in [0.2, 0.25) is 5.02 Å². The van der Waals surface area contributed by atoms with Crippen molar-refractivity contribution in [2.24, 2.45) is 0 Å². The number of hydrogen-bond acceptors (Lipinski definition) is 2. The molecule has 4 rings (SSSR count). The molecule has 0 fully saturated rings. The summed E-state index contributed by atoms with van der Waals surface area (Å²) in [6, 6.07) is 22.4. The van der Waals surface area contributed by atoms with Crippen LogP contribution in [-0.2, 0) is 11.3 Å². The molecule has 3 aromatic carbocycles. The molecule has 0 aliphatic carbocycles. The fraction of sp³-hybridized carbons (Fsp3) is 0.0833. The molecule has 0 bridgehead atoms. The number of halogens is 1. The van der Waals surface area contributed by atoms with Crippen molar-refractivity contribution in [3.05, 3.63) is 106 Å². The standard InChI is InChI=1S/C24H18ClNO2/c1-16-7-9-18(10-8-16)23(27)14-21-20-13-19(25)11-12-22(20)26(24(21)28)15-17-5-3-2-4-6-17/h2-14H,15H2,1H3. The Morgan fingerprint density at radius 3 is 2.43 bits per heavy atom. The number of fused-ring (bicyclic) bond motifs is 1. The molecule has 1 amide bonds. The van der Waals surface area contributed by atoms with E-state index in [2.05, 4.69) is 0 Å². The van der Waals surface area contributed by atoms with Gasteiger partial charge in [-0.1, -0.05) is 71.8 Å². The third kappa shape index (κ3) is 3.49. The Labute approximate surface area is 168 Å². The van der Waals surface area contributed by atoms with Gasteiger partial charge in [-0.3, -0.25) is 9.59 Å². The Hall–Kier alpha value is -3.17. The Morgan fingerprint density at radius 2 is 1.71 bits per heavy atom. The summed E-state index contributed by atoms with van der Waals surface area (Å²) in [7, 11) is 0. The Balaban J connectivity index is 1.73. The van der Waals surface area contributed by atoms with Gasteiger partial charge in [-0.25, -0.2) is 0 Å². The molecule has 0 radical (unpaired) electrons. The Bertz CT molecular complexity index is 1090. The van der Waals surface area contributed by atoms with Crippen LogP contribution in [0.5, 0.6) is 0 Å². The van der Waals surface area contributed by atoms with E-state index in [0.29, 0.717) is 28.3 Å². The van der Waals surface area contributed by atoms with E-state index in [4.69, 9.17) is 11.6 Å². The smallest absolute Gasteiger partial charge is 0.259 e. The number of ketones is 1. The number of amides is 1. The van der Waals surface area contributed by atoms with Gasteiger partial charge in [-0.2, -0.15) is 0 Å². The zero-order chi connectivity index (χ0) is 19.7. The predicted octanol–water partition coefficient (Wildman–Crippen LogP) is 5.46. The van der Waals surface area contributed by atoms with Crippen molar-refractivity contribution in [2.45, 2.75) is 13.5 Å². The summed E-state index contributed by atoms with van der Waals surface area (Å²) in [5.74, 6) is -0.391. The van der Waals surface area contributed by atoms with Gasteiger partial charge in [0.15, 0.2) is 5.78 Å². The molecule has 28 heavy (non-hydrogen) atoms. The van der Waals surface area contributed by atoms with E-state index in [1.54, 1.807) is 29.2 Å². The van der Waals surface area contributed by atoms with Crippen LogP contribution in [0, 0.1) is 6.92 Å². The number of allylic oxidation sites excluding steroid dienone is 1. The molecule has 3 nitrogen and oxygen atoms in total. The fourth-order valence-electron chi connectivity index (χ4n) is 3.32. The van der Waals surface area contributed by atoms with Crippen molar-refractivity contribution in [1.82, 2.24) is 0 Å². The molecule has 138 valence electrons. The number of carbonyl (C=O) groups is 2. The van der Waals surface area contributed by atoms with E-state index in [9.17, 15) is 9.59 Å². The van der Waals surface area contributed by atoms with Gasteiger partial charge < -0.3 is 4.90 Å². The number of anilines is 1. The van der Waals surface area contributed by atoms with Crippen LogP contribution in [0.25, 0.3) is 5.57 Å². The van der Waals surface area contributed by atoms with Gasteiger partial charge in [0.2, 0.25) is 0 Å². The highest BCUT2D eigenvalue weighted by molar-refractivity contribution is 6.37. The van der Waals surface area contributed by atoms with Crippen molar-refractivity contribution in [3.63, 3.8) is 0 Å². The van der Waals surface area contributed by atoms with Gasteiger partial charge in [0.05, 0.1) is 17.8 Å². The quantitative estimate of drug-likeness (QED) is 0.440. The minimum Gasteiger partial charge on any atom is -0.303 e. The second kappa shape index (κ2) is 7.45. The molecule has 1 aliphatic heterocycles. The minimum atomic E-state index is -0.198. The van der Waals surface area contributed by atoms with Gasteiger partial charge in [-0.05, 0) is 36.8 Å². The maximum Gasteiger partial charge on any atom is 0.259 e. The summed E-state index contributed by atoms with van der Waals surface area (Å²) in [4.78, 5) is 27.6. The third-order valence-electron chi connectivity index (χ3n) is 4.81. The molecule has 0 N–H and O–H groups in total. The molecular weight excluding hydrogens is 370 g/mol. The molecule has 3 aromatic rings. The SMILES string of the molecule is Cc1ccc(C(=O)C=C2C(=O)N(Cc3ccccc3)c3ccc(Cl)cc32)cc1. The molecule has 1 aliphatic rings. The van der Waals surface area contributed by atoms with Crippen molar-refractivity contribution < 1.29 is 9.59 Å². The lowest BCUT2D eigenvalue weighted by Crippen LogP contribution is -2.25. The van der Waals surface area contributed by atoms with E-state index in [1.165, 1.54) is 6.08 Å². The first kappa shape index (κ1) is 18.2. The van der Waals surface area contributed by atoms with Crippen LogP contribution in [-0.4, -0.2) is 11.7 Å². The molecule has 0 saturated heterocycles. The van der Waals surface area contributed by atoms with Crippen molar-refractivity contribution in [2.75, 3.05) is 4.90 Å². The second-order valence-electron chi connectivity index (χ2n) is 6.83. The lowest BCUT2D eigenvalue weighted by Gasteiger charge is -2.17. The highest BCUT2D eigenvalue weighted by atomic mass is 35.5. The normalized spacial score (nSPS) is 14.4. The summed E-state index contributed by atoms with van der Waals surface area (Å²) in [6.45, 7) is 2.40. The summed E-state index contributed by atoms with van der Waals surface area (Å²) in [5, 5.41) is 0.529. The first-order chi connectivity index (χ1) is 13.5. The van der Waals surface area contributed by atoms with Crippen LogP contribution < -0.4 is 4.90 Å². The van der Waals surface area contributed by atoms with Crippen LogP contribution in [0.15, 0.2) is 78.9 Å². The van der Waals surface area contributed by atoms with Gasteiger partial charge in [0.1, 0.15) is 0 Å². The van der Waals surface area contributed by atoms with E-state index < -0.39 is 0 Å². The van der Waals surface area contributed by atoms with Crippen LogP contribution in [0.4, 0.5) is 5.69 Å².